The molecule has 0 spiro atoms. The zero-order chi connectivity index (χ0) is 26.7. The van der Waals surface area contributed by atoms with Crippen LogP contribution in [0, 0.1) is 0 Å². The normalized spacial score (nSPS) is 12.8. The van der Waals surface area contributed by atoms with Crippen molar-refractivity contribution in [2.75, 3.05) is 0 Å². The topological polar surface area (TPSA) is 35.1 Å². The second-order valence-electron chi connectivity index (χ2n) is 11.0. The first-order valence-corrected chi connectivity index (χ1v) is 14.1. The number of imidazole rings is 1. The van der Waals surface area contributed by atoms with Crippen molar-refractivity contribution in [3.63, 3.8) is 0 Å². The Bertz CT molecular complexity index is 2550. The van der Waals surface area contributed by atoms with Crippen LogP contribution < -0.4 is 0 Å². The predicted molar refractivity (Wildman–Crippen MR) is 168 cm³/mol. The molecule has 0 radical (unpaired) electrons. The quantitative estimate of drug-likeness (QED) is 0.202. The fourth-order valence-electron chi connectivity index (χ4n) is 7.33. The second kappa shape index (κ2) is 7.58. The molecule has 190 valence electrons. The van der Waals surface area contributed by atoms with E-state index in [4.69, 9.17) is 9.97 Å². The molecule has 9 aromatic rings. The van der Waals surface area contributed by atoms with Crippen molar-refractivity contribution in [2.24, 2.45) is 0 Å². The van der Waals surface area contributed by atoms with E-state index in [0.29, 0.717) is 0 Å². The predicted octanol–water partition coefficient (Wildman–Crippen LogP) is 8.86. The maximum atomic E-state index is 5.16. The minimum atomic E-state index is 0.929. The zero-order valence-corrected chi connectivity index (χ0v) is 22.0. The Morgan fingerprint density at radius 3 is 2.32 bits per heavy atom. The van der Waals surface area contributed by atoms with Gasteiger partial charge in [-0.3, -0.25) is 4.40 Å². The highest BCUT2D eigenvalue weighted by molar-refractivity contribution is 6.28. The molecular formula is C37H22N4. The third kappa shape index (κ3) is 2.64. The lowest BCUT2D eigenvalue weighted by Crippen LogP contribution is -1.97. The van der Waals surface area contributed by atoms with Crippen LogP contribution in [0.5, 0.6) is 0 Å². The lowest BCUT2D eigenvalue weighted by atomic mass is 9.99. The van der Waals surface area contributed by atoms with E-state index in [1.165, 1.54) is 49.4 Å². The number of nitrogens with zero attached hydrogens (tertiary/aromatic N) is 4. The molecular weight excluding hydrogens is 500 g/mol. The molecule has 4 heterocycles. The average Bonchev–Trinajstić information content (AvgIpc) is 3.71. The summed E-state index contributed by atoms with van der Waals surface area (Å²) < 4.78 is 4.69. The number of aromatic nitrogens is 4. The van der Waals surface area contributed by atoms with E-state index < -0.39 is 0 Å². The highest BCUT2D eigenvalue weighted by Gasteiger charge is 2.26. The Hall–Kier alpha value is -5.48. The Morgan fingerprint density at radius 1 is 0.561 bits per heavy atom. The summed E-state index contributed by atoms with van der Waals surface area (Å²) in [7, 11) is 0. The van der Waals surface area contributed by atoms with Crippen LogP contribution in [0.2, 0.25) is 0 Å². The molecule has 1 aliphatic rings. The van der Waals surface area contributed by atoms with Crippen molar-refractivity contribution in [3.05, 3.63) is 133 Å². The van der Waals surface area contributed by atoms with Gasteiger partial charge in [0.05, 0.1) is 22.1 Å². The largest absolute Gasteiger partial charge is 0.309 e. The SMILES string of the molecule is c1ccc(-n2c3ccc4c(c3c3ccc5c(c6cccnc6n6c7ccccc7nc56)c32)Cc2ccccc2-4)cc1. The summed E-state index contributed by atoms with van der Waals surface area (Å²) in [5.74, 6) is 0. The molecule has 41 heavy (non-hydrogen) atoms. The third-order valence-corrected chi connectivity index (χ3v) is 8.96. The maximum absolute atomic E-state index is 5.16. The summed E-state index contributed by atoms with van der Waals surface area (Å²) >= 11 is 0. The number of benzene rings is 5. The van der Waals surface area contributed by atoms with Gasteiger partial charge in [-0.1, -0.05) is 66.7 Å². The molecule has 4 aromatic heterocycles. The molecule has 5 aromatic carbocycles. The molecule has 0 aliphatic heterocycles. The van der Waals surface area contributed by atoms with Crippen LogP contribution in [0.15, 0.2) is 121 Å². The van der Waals surface area contributed by atoms with Gasteiger partial charge in [-0.15, -0.1) is 0 Å². The average molecular weight is 523 g/mol. The van der Waals surface area contributed by atoms with E-state index in [-0.39, 0.29) is 0 Å². The van der Waals surface area contributed by atoms with Gasteiger partial charge in [0.25, 0.3) is 0 Å². The van der Waals surface area contributed by atoms with Gasteiger partial charge in [0.2, 0.25) is 0 Å². The van der Waals surface area contributed by atoms with Gasteiger partial charge in [-0.25, -0.2) is 9.97 Å². The molecule has 1 aliphatic carbocycles. The Labute approximate surface area is 234 Å². The minimum Gasteiger partial charge on any atom is -0.309 e. The first-order valence-electron chi connectivity index (χ1n) is 14.1. The number of fused-ring (bicyclic) bond motifs is 16. The first-order chi connectivity index (χ1) is 20.4. The van der Waals surface area contributed by atoms with Crippen molar-refractivity contribution in [1.82, 2.24) is 18.9 Å². The third-order valence-electron chi connectivity index (χ3n) is 8.96. The Morgan fingerprint density at radius 2 is 1.37 bits per heavy atom. The second-order valence-corrected chi connectivity index (χ2v) is 11.0. The summed E-state index contributed by atoms with van der Waals surface area (Å²) in [5, 5.41) is 6.06. The molecule has 0 amide bonds. The summed E-state index contributed by atoms with van der Waals surface area (Å²) in [6.07, 6.45) is 2.83. The van der Waals surface area contributed by atoms with Crippen LogP contribution in [-0.4, -0.2) is 18.9 Å². The monoisotopic (exact) mass is 522 g/mol. The number of rotatable bonds is 1. The molecule has 0 unspecified atom stereocenters. The van der Waals surface area contributed by atoms with Crippen molar-refractivity contribution < 1.29 is 0 Å². The molecule has 4 heteroatoms. The van der Waals surface area contributed by atoms with Crippen molar-refractivity contribution in [3.8, 4) is 16.8 Å². The molecule has 0 saturated heterocycles. The van der Waals surface area contributed by atoms with Gasteiger partial charge in [0.15, 0.2) is 0 Å². The molecule has 0 bridgehead atoms. The summed E-state index contributed by atoms with van der Waals surface area (Å²) in [5.41, 5.74) is 13.0. The van der Waals surface area contributed by atoms with Crippen molar-refractivity contribution >= 4 is 60.3 Å². The Balaban J connectivity index is 1.49. The molecule has 4 nitrogen and oxygen atoms in total. The molecule has 0 fully saturated rings. The fourth-order valence-corrected chi connectivity index (χ4v) is 7.33. The number of pyridine rings is 2. The van der Waals surface area contributed by atoms with Gasteiger partial charge >= 0.3 is 0 Å². The van der Waals surface area contributed by atoms with Crippen LogP contribution in [0.1, 0.15) is 11.1 Å². The number of hydrogen-bond donors (Lipinski definition) is 0. The van der Waals surface area contributed by atoms with Gasteiger partial charge in [0, 0.05) is 38.8 Å². The van der Waals surface area contributed by atoms with E-state index >= 15 is 0 Å². The van der Waals surface area contributed by atoms with Crippen LogP contribution in [-0.2, 0) is 6.42 Å². The number of hydrogen-bond acceptors (Lipinski definition) is 2. The first kappa shape index (κ1) is 21.4. The maximum Gasteiger partial charge on any atom is 0.147 e. The fraction of sp³-hybridized carbons (Fsp3) is 0.0270. The lowest BCUT2D eigenvalue weighted by molar-refractivity contribution is 1.18. The Kier molecular flexibility index (Phi) is 3.95. The lowest BCUT2D eigenvalue weighted by Gasteiger charge is -2.13. The van der Waals surface area contributed by atoms with Crippen molar-refractivity contribution in [1.29, 1.82) is 0 Å². The highest BCUT2D eigenvalue weighted by Crippen LogP contribution is 2.47. The van der Waals surface area contributed by atoms with Gasteiger partial charge in [-0.05, 0) is 77.2 Å². The van der Waals surface area contributed by atoms with Gasteiger partial charge in [0.1, 0.15) is 11.3 Å². The van der Waals surface area contributed by atoms with E-state index in [1.54, 1.807) is 0 Å². The van der Waals surface area contributed by atoms with Crippen molar-refractivity contribution in [2.45, 2.75) is 6.42 Å². The highest BCUT2D eigenvalue weighted by atomic mass is 15.1. The summed E-state index contributed by atoms with van der Waals surface area (Å²) in [4.78, 5) is 10.1. The van der Waals surface area contributed by atoms with E-state index in [1.807, 2.05) is 6.20 Å². The molecule has 0 saturated carbocycles. The van der Waals surface area contributed by atoms with Crippen LogP contribution in [0.4, 0.5) is 0 Å². The van der Waals surface area contributed by atoms with Gasteiger partial charge in [-0.2, -0.15) is 0 Å². The van der Waals surface area contributed by atoms with Gasteiger partial charge < -0.3 is 4.57 Å². The summed E-state index contributed by atoms with van der Waals surface area (Å²) in [6, 6.07) is 41.5. The standard InChI is InChI=1S/C37H22N4/c1-2-10-23(11-3-1)40-32-19-18-25-24-12-5-4-9-22(24)21-29(25)33(32)26-16-17-28-34(35(26)40)27-13-8-20-38-36(27)41-31-15-7-6-14-30(31)39-37(28)41/h1-20H,21H2. The molecule has 10 rings (SSSR count). The van der Waals surface area contributed by atoms with Crippen LogP contribution in [0.3, 0.4) is 0 Å². The summed E-state index contributed by atoms with van der Waals surface area (Å²) in [6.45, 7) is 0. The zero-order valence-electron chi connectivity index (χ0n) is 22.0. The van der Waals surface area contributed by atoms with E-state index in [2.05, 4.69) is 124 Å². The molecule has 0 N–H and O–H groups in total. The van der Waals surface area contributed by atoms with Crippen LogP contribution >= 0.6 is 0 Å². The number of para-hydroxylation sites is 3. The molecule has 0 atom stereocenters. The van der Waals surface area contributed by atoms with E-state index in [9.17, 15) is 0 Å². The van der Waals surface area contributed by atoms with E-state index in [0.717, 1.165) is 45.2 Å². The minimum absolute atomic E-state index is 0.929. The van der Waals surface area contributed by atoms with Crippen LogP contribution in [0.25, 0.3) is 77.1 Å². The smallest absolute Gasteiger partial charge is 0.147 e.